The molecule has 0 aliphatic carbocycles. The van der Waals surface area contributed by atoms with Crippen LogP contribution in [0.2, 0.25) is 0 Å². The number of anilines is 2. The average Bonchev–Trinajstić information content (AvgIpc) is 4.02. The molecular formula is C40H35BrN10O10. The first-order valence-electron chi connectivity index (χ1n) is 18.0. The van der Waals surface area contributed by atoms with Crippen LogP contribution in [0.3, 0.4) is 0 Å². The number of nitrogens with zero attached hydrogens (tertiary/aromatic N) is 4. The molecule has 2 aromatic carbocycles. The van der Waals surface area contributed by atoms with Crippen LogP contribution < -0.4 is 42.2 Å². The van der Waals surface area contributed by atoms with Gasteiger partial charge in [0, 0.05) is 30.3 Å². The van der Waals surface area contributed by atoms with Crippen LogP contribution in [0.25, 0.3) is 11.1 Å². The van der Waals surface area contributed by atoms with Crippen LogP contribution in [0.1, 0.15) is 37.6 Å². The monoisotopic (exact) mass is 894 g/mol. The zero-order valence-corrected chi connectivity index (χ0v) is 33.8. The van der Waals surface area contributed by atoms with E-state index >= 15 is 0 Å². The number of ether oxygens (including phenoxy) is 2. The standard InChI is InChI=1S/C20H17N5O5.C15H13N3O4.C5H5BrN2O/c1-29-11-3-2-10-8-25(17(26)12(10)6-11)9-20(18(27)23-19(28)24-20)15-7-13-14(30-15)4-5-16(21)22-13;1-3-15(13(20)16-14(21)17-15)8-18-7-9-4-5-10(22-2)6-11(9)12(18)19;6-5-3(9)1-2-4(7)8-5/h2-7H,8-9H2,1H3,(H2,21,22)(H2,23,24,27,28);1,4-6H,7-8H2,2H3,(H2,16,17,20,21);1-2,9H,(H2,7,8)/t20-;15-;/m01./s1. The highest BCUT2D eigenvalue weighted by Gasteiger charge is 2.53. The Bertz CT molecular complexity index is 2720. The van der Waals surface area contributed by atoms with Gasteiger partial charge in [-0.1, -0.05) is 18.1 Å². The number of nitrogens with one attached hydrogen (secondary N) is 4. The number of imide groups is 2. The van der Waals surface area contributed by atoms with Crippen LogP contribution in [0.5, 0.6) is 17.2 Å². The Morgan fingerprint density at radius 2 is 1.34 bits per heavy atom. The molecule has 2 saturated heterocycles. The molecule has 0 bridgehead atoms. The van der Waals surface area contributed by atoms with E-state index < -0.39 is 35.0 Å². The fourth-order valence-corrected chi connectivity index (χ4v) is 7.30. The normalized spacial score (nSPS) is 19.7. The number of amides is 8. The van der Waals surface area contributed by atoms with Crippen molar-refractivity contribution in [2.75, 3.05) is 38.8 Å². The zero-order chi connectivity index (χ0) is 43.8. The smallest absolute Gasteiger partial charge is 0.323 e. The highest BCUT2D eigenvalue weighted by Crippen LogP contribution is 2.35. The Hall–Kier alpha value is -7.86. The Labute approximate surface area is 354 Å². The van der Waals surface area contributed by atoms with Gasteiger partial charge in [-0.25, -0.2) is 19.6 Å². The molecular weight excluding hydrogens is 860 g/mol. The first-order chi connectivity index (χ1) is 29.1. The molecule has 21 heteroatoms. The molecule has 7 heterocycles. The number of urea groups is 2. The molecule has 2 fully saturated rings. The van der Waals surface area contributed by atoms with Gasteiger partial charge in [0.25, 0.3) is 23.6 Å². The van der Waals surface area contributed by atoms with Gasteiger partial charge in [-0.3, -0.25) is 29.8 Å². The molecule has 9 rings (SSSR count). The van der Waals surface area contributed by atoms with E-state index in [1.165, 1.54) is 36.2 Å². The highest BCUT2D eigenvalue weighted by molar-refractivity contribution is 9.10. The molecule has 5 aromatic rings. The lowest BCUT2D eigenvalue weighted by molar-refractivity contribution is -0.125. The van der Waals surface area contributed by atoms with Crippen molar-refractivity contribution in [2.45, 2.75) is 24.2 Å². The number of benzene rings is 2. The van der Waals surface area contributed by atoms with E-state index in [-0.39, 0.29) is 43.0 Å². The molecule has 9 N–H and O–H groups in total. The first kappa shape index (κ1) is 41.3. The second-order valence-corrected chi connectivity index (χ2v) is 14.7. The Balaban J connectivity index is 0.000000158. The molecule has 4 aliphatic rings. The first-order valence-corrected chi connectivity index (χ1v) is 18.8. The van der Waals surface area contributed by atoms with Gasteiger partial charge in [0.05, 0.1) is 27.3 Å². The molecule has 4 aliphatic heterocycles. The summed E-state index contributed by atoms with van der Waals surface area (Å²) in [5.41, 5.74) is 11.4. The van der Waals surface area contributed by atoms with E-state index in [4.69, 9.17) is 36.9 Å². The van der Waals surface area contributed by atoms with E-state index in [1.54, 1.807) is 54.6 Å². The van der Waals surface area contributed by atoms with Gasteiger partial charge in [-0.05, 0) is 75.6 Å². The van der Waals surface area contributed by atoms with Crippen LogP contribution in [0.4, 0.5) is 21.2 Å². The number of aromatic nitrogens is 2. The molecule has 0 spiro atoms. The maximum absolute atomic E-state index is 13.0. The number of nitrogens with two attached hydrogens (primary N) is 2. The maximum Gasteiger partial charge on any atom is 0.323 e. The summed E-state index contributed by atoms with van der Waals surface area (Å²) in [4.78, 5) is 84.4. The summed E-state index contributed by atoms with van der Waals surface area (Å²) in [5.74, 6) is 2.63. The number of pyridine rings is 2. The van der Waals surface area contributed by atoms with Crippen LogP contribution in [-0.4, -0.2) is 93.4 Å². The van der Waals surface area contributed by atoms with Gasteiger partial charge in [0.1, 0.15) is 44.8 Å². The molecule has 312 valence electrons. The van der Waals surface area contributed by atoms with Crippen molar-refractivity contribution in [3.8, 4) is 29.6 Å². The molecule has 0 unspecified atom stereocenters. The molecule has 3 aromatic heterocycles. The summed E-state index contributed by atoms with van der Waals surface area (Å²) < 4.78 is 16.5. The van der Waals surface area contributed by atoms with Crippen LogP contribution in [0.15, 0.2) is 75.8 Å². The van der Waals surface area contributed by atoms with Gasteiger partial charge < -0.3 is 50.9 Å². The largest absolute Gasteiger partial charge is 0.505 e. The number of carbonyl (C=O) groups excluding carboxylic acids is 6. The number of rotatable bonds is 7. The number of terminal acetylenes is 1. The summed E-state index contributed by atoms with van der Waals surface area (Å²) >= 11 is 3.00. The summed E-state index contributed by atoms with van der Waals surface area (Å²) in [6.45, 7) is 0.409. The zero-order valence-electron chi connectivity index (χ0n) is 32.2. The van der Waals surface area contributed by atoms with Gasteiger partial charge in [-0.15, -0.1) is 6.42 Å². The van der Waals surface area contributed by atoms with Crippen molar-refractivity contribution in [3.63, 3.8) is 0 Å². The lowest BCUT2D eigenvalue weighted by atomic mass is 9.95. The lowest BCUT2D eigenvalue weighted by Gasteiger charge is -2.28. The summed E-state index contributed by atoms with van der Waals surface area (Å²) in [5, 5.41) is 18.3. The van der Waals surface area contributed by atoms with Crippen molar-refractivity contribution in [2.24, 2.45) is 0 Å². The van der Waals surface area contributed by atoms with Crippen LogP contribution in [-0.2, 0) is 28.2 Å². The third kappa shape index (κ3) is 7.86. The van der Waals surface area contributed by atoms with E-state index in [0.29, 0.717) is 56.5 Å². The minimum Gasteiger partial charge on any atom is -0.505 e. The molecule has 0 radical (unpaired) electrons. The van der Waals surface area contributed by atoms with Gasteiger partial charge in [0.2, 0.25) is 0 Å². The summed E-state index contributed by atoms with van der Waals surface area (Å²) in [6, 6.07) is 16.9. The Kier molecular flexibility index (Phi) is 10.9. The molecule has 20 nitrogen and oxygen atoms in total. The fourth-order valence-electron chi connectivity index (χ4n) is 6.96. The molecule has 0 saturated carbocycles. The minimum atomic E-state index is -1.59. The molecule has 61 heavy (non-hydrogen) atoms. The topological polar surface area (TPSA) is 287 Å². The summed E-state index contributed by atoms with van der Waals surface area (Å²) in [6.07, 6.45) is 5.41. The summed E-state index contributed by atoms with van der Waals surface area (Å²) in [7, 11) is 3.04. The number of furan rings is 1. The SMILES string of the molecule is C#C[C@]1(CN2Cc3ccc(OC)cc3C2=O)NC(=O)NC1=O.COc1ccc2c(c1)C(=O)N(C[C@@]1(c3cc4nc(N)ccc4o3)NC(=O)NC1=O)C2.Nc1ccc(O)c(Br)n1. The van der Waals surface area contributed by atoms with Crippen molar-refractivity contribution < 1.29 is 47.8 Å². The molecule has 8 amide bonds. The van der Waals surface area contributed by atoms with Gasteiger partial charge >= 0.3 is 12.1 Å². The number of halogens is 1. The lowest BCUT2D eigenvalue weighted by Crippen LogP contribution is -2.54. The fraction of sp³-hybridized carbons (Fsp3) is 0.200. The quantitative estimate of drug-likeness (QED) is 0.0700. The van der Waals surface area contributed by atoms with E-state index in [1.807, 2.05) is 0 Å². The van der Waals surface area contributed by atoms with Gasteiger partial charge in [-0.2, -0.15) is 0 Å². The van der Waals surface area contributed by atoms with Crippen molar-refractivity contribution >= 4 is 74.4 Å². The molecule has 2 atom stereocenters. The number of hydrogen-bond donors (Lipinski definition) is 7. The second kappa shape index (κ2) is 16.1. The van der Waals surface area contributed by atoms with E-state index in [0.717, 1.165) is 11.1 Å². The predicted molar refractivity (Wildman–Crippen MR) is 218 cm³/mol. The third-order valence-electron chi connectivity index (χ3n) is 10.0. The van der Waals surface area contributed by atoms with E-state index in [2.05, 4.69) is 53.1 Å². The Morgan fingerprint density at radius 1 is 0.787 bits per heavy atom. The maximum atomic E-state index is 13.0. The number of methoxy groups -OCH3 is 2. The number of aromatic hydroxyl groups is 1. The van der Waals surface area contributed by atoms with Gasteiger partial charge in [0.15, 0.2) is 16.7 Å². The minimum absolute atomic E-state index is 0.0864. The number of hydrogen-bond acceptors (Lipinski definition) is 14. The van der Waals surface area contributed by atoms with Crippen molar-refractivity contribution in [1.29, 1.82) is 0 Å². The highest BCUT2D eigenvalue weighted by atomic mass is 79.9. The van der Waals surface area contributed by atoms with Crippen molar-refractivity contribution in [3.05, 3.63) is 99.3 Å². The Morgan fingerprint density at radius 3 is 1.85 bits per heavy atom. The second-order valence-electron chi connectivity index (χ2n) is 13.9. The third-order valence-corrected chi connectivity index (χ3v) is 10.6. The number of fused-ring (bicyclic) bond motifs is 3. The van der Waals surface area contributed by atoms with Crippen LogP contribution in [0, 0.1) is 12.3 Å². The van der Waals surface area contributed by atoms with Crippen molar-refractivity contribution in [1.82, 2.24) is 41.0 Å². The van der Waals surface area contributed by atoms with Crippen LogP contribution >= 0.6 is 15.9 Å². The number of nitrogen functional groups attached to an aromatic ring is 2. The van der Waals surface area contributed by atoms with E-state index in [9.17, 15) is 28.8 Å². The number of carbonyl (C=O) groups is 6. The average molecular weight is 896 g/mol. The predicted octanol–water partition coefficient (Wildman–Crippen LogP) is 2.10.